The van der Waals surface area contributed by atoms with E-state index in [0.29, 0.717) is 6.42 Å². The third-order valence-corrected chi connectivity index (χ3v) is 2.35. The van der Waals surface area contributed by atoms with Crippen LogP contribution in [0.1, 0.15) is 40.5 Å². The largest absolute Gasteiger partial charge is 0.392 e. The Hall–Kier alpha value is -0.700. The van der Waals surface area contributed by atoms with Crippen LogP contribution in [0.4, 0.5) is 0 Å². The van der Waals surface area contributed by atoms with E-state index in [9.17, 15) is 14.7 Å². The number of rotatable bonds is 5. The van der Waals surface area contributed by atoms with E-state index in [4.69, 9.17) is 0 Å². The van der Waals surface area contributed by atoms with Crippen molar-refractivity contribution < 1.29 is 14.7 Å². The summed E-state index contributed by atoms with van der Waals surface area (Å²) in [7, 11) is 0. The molecule has 0 unspecified atom stereocenters. The van der Waals surface area contributed by atoms with E-state index in [0.717, 1.165) is 0 Å². The molecule has 0 radical (unpaired) electrons. The van der Waals surface area contributed by atoms with Crippen molar-refractivity contribution in [1.29, 1.82) is 0 Å². The molecule has 1 atom stereocenters. The maximum Gasteiger partial charge on any atom is 0.140 e. The maximum atomic E-state index is 11.4. The molecule has 3 nitrogen and oxygen atoms in total. The molecule has 0 aromatic rings. The van der Waals surface area contributed by atoms with Gasteiger partial charge in [0.1, 0.15) is 11.6 Å². The summed E-state index contributed by atoms with van der Waals surface area (Å²) < 4.78 is 0. The third-order valence-electron chi connectivity index (χ3n) is 2.35. The Balaban J connectivity index is 4.43. The van der Waals surface area contributed by atoms with Gasteiger partial charge < -0.3 is 5.11 Å². The predicted octanol–water partition coefficient (Wildman–Crippen LogP) is 1.33. The van der Waals surface area contributed by atoms with Gasteiger partial charge in [-0.2, -0.15) is 0 Å². The van der Waals surface area contributed by atoms with Crippen LogP contribution in [-0.2, 0) is 9.59 Å². The summed E-state index contributed by atoms with van der Waals surface area (Å²) in [6.07, 6.45) is -0.418. The van der Waals surface area contributed by atoms with E-state index < -0.39 is 11.5 Å². The molecule has 3 heteroatoms. The van der Waals surface area contributed by atoms with Gasteiger partial charge in [0.15, 0.2) is 0 Å². The molecule has 1 N–H and O–H groups in total. The fourth-order valence-electron chi connectivity index (χ4n) is 1.17. The molecule has 0 rings (SSSR count). The Morgan fingerprint density at radius 3 is 2.15 bits per heavy atom. The lowest BCUT2D eigenvalue weighted by molar-refractivity contribution is -0.134. The quantitative estimate of drug-likeness (QED) is 0.704. The fourth-order valence-corrected chi connectivity index (χ4v) is 1.17. The summed E-state index contributed by atoms with van der Waals surface area (Å²) in [6.45, 7) is 6.51. The molecule has 0 bridgehead atoms. The molecule has 0 aliphatic carbocycles. The van der Waals surface area contributed by atoms with Crippen molar-refractivity contribution >= 4 is 11.6 Å². The summed E-state index contributed by atoms with van der Waals surface area (Å²) >= 11 is 0. The van der Waals surface area contributed by atoms with E-state index in [1.54, 1.807) is 20.8 Å². The first-order valence-electron chi connectivity index (χ1n) is 4.53. The molecule has 0 spiro atoms. The molecule has 13 heavy (non-hydrogen) atoms. The third kappa shape index (κ3) is 3.27. The van der Waals surface area contributed by atoms with Gasteiger partial charge in [0, 0.05) is 18.3 Å². The molecule has 0 aliphatic rings. The Kier molecular flexibility index (Phi) is 4.27. The summed E-state index contributed by atoms with van der Waals surface area (Å²) in [5.74, 6) is -0.106. The number of carbonyl (C=O) groups is 2. The molecule has 0 fully saturated rings. The molecule has 0 heterocycles. The van der Waals surface area contributed by atoms with Crippen LogP contribution in [0.2, 0.25) is 0 Å². The van der Waals surface area contributed by atoms with Crippen LogP contribution in [0.3, 0.4) is 0 Å². The van der Waals surface area contributed by atoms with Crippen LogP contribution >= 0.6 is 0 Å². The number of Topliss-reactive ketones (excluding diaryl/α,β-unsaturated/α-hetero) is 2. The summed E-state index contributed by atoms with van der Waals surface area (Å²) in [6, 6.07) is 0. The number of aliphatic hydroxyl groups is 1. The first-order valence-corrected chi connectivity index (χ1v) is 4.53. The first-order chi connectivity index (χ1) is 5.82. The first kappa shape index (κ1) is 12.3. The second kappa shape index (κ2) is 4.51. The van der Waals surface area contributed by atoms with Crippen LogP contribution in [0.25, 0.3) is 0 Å². The van der Waals surface area contributed by atoms with Gasteiger partial charge in [-0.3, -0.25) is 9.59 Å². The Morgan fingerprint density at radius 1 is 1.38 bits per heavy atom. The minimum atomic E-state index is -0.863. The fraction of sp³-hybridized carbons (Fsp3) is 0.800. The highest BCUT2D eigenvalue weighted by molar-refractivity contribution is 5.85. The second-order valence-electron chi connectivity index (χ2n) is 3.92. The number of hydrogen-bond acceptors (Lipinski definition) is 3. The average molecular weight is 186 g/mol. The predicted molar refractivity (Wildman–Crippen MR) is 50.4 cm³/mol. The molecule has 76 valence electrons. The van der Waals surface area contributed by atoms with Gasteiger partial charge in [0.2, 0.25) is 0 Å². The molecule has 0 amide bonds. The van der Waals surface area contributed by atoms with E-state index >= 15 is 0 Å². The van der Waals surface area contributed by atoms with Crippen LogP contribution in [0.5, 0.6) is 0 Å². The average Bonchev–Trinajstić information content (AvgIpc) is 2.01. The number of hydrogen-bond donors (Lipinski definition) is 1. The Morgan fingerprint density at radius 2 is 1.85 bits per heavy atom. The van der Waals surface area contributed by atoms with Crippen LogP contribution in [0, 0.1) is 5.41 Å². The van der Waals surface area contributed by atoms with Crippen molar-refractivity contribution in [2.45, 2.75) is 46.6 Å². The van der Waals surface area contributed by atoms with Gasteiger partial charge in [-0.1, -0.05) is 20.8 Å². The number of aliphatic hydroxyl groups excluding tert-OH is 1. The second-order valence-corrected chi connectivity index (χ2v) is 3.92. The minimum absolute atomic E-state index is 0.0127. The van der Waals surface area contributed by atoms with Crippen molar-refractivity contribution in [3.63, 3.8) is 0 Å². The normalized spacial score (nSPS) is 13.9. The zero-order valence-corrected chi connectivity index (χ0v) is 8.76. The van der Waals surface area contributed by atoms with Crippen molar-refractivity contribution in [1.82, 2.24) is 0 Å². The van der Waals surface area contributed by atoms with Crippen LogP contribution in [0.15, 0.2) is 0 Å². The number of ketones is 2. The van der Waals surface area contributed by atoms with Crippen molar-refractivity contribution in [2.75, 3.05) is 0 Å². The van der Waals surface area contributed by atoms with Crippen molar-refractivity contribution in [3.8, 4) is 0 Å². The highest BCUT2D eigenvalue weighted by atomic mass is 16.3. The molecule has 0 aliphatic heterocycles. The Labute approximate surface area is 79.1 Å². The van der Waals surface area contributed by atoms with E-state index in [1.807, 2.05) is 0 Å². The van der Waals surface area contributed by atoms with Crippen LogP contribution in [-0.4, -0.2) is 22.8 Å². The zero-order valence-electron chi connectivity index (χ0n) is 8.76. The minimum Gasteiger partial charge on any atom is -0.392 e. The lowest BCUT2D eigenvalue weighted by atomic mass is 9.79. The van der Waals surface area contributed by atoms with E-state index in [1.165, 1.54) is 6.92 Å². The maximum absolute atomic E-state index is 11.4. The highest BCUT2D eigenvalue weighted by Crippen LogP contribution is 2.25. The van der Waals surface area contributed by atoms with Gasteiger partial charge in [-0.25, -0.2) is 0 Å². The van der Waals surface area contributed by atoms with Gasteiger partial charge in [-0.15, -0.1) is 0 Å². The highest BCUT2D eigenvalue weighted by Gasteiger charge is 2.34. The molecular formula is C10H18O3. The molecule has 0 aromatic carbocycles. The smallest absolute Gasteiger partial charge is 0.140 e. The van der Waals surface area contributed by atoms with E-state index in [-0.39, 0.29) is 18.0 Å². The number of carbonyl (C=O) groups excluding carboxylic acids is 2. The monoisotopic (exact) mass is 186 g/mol. The molecule has 0 saturated heterocycles. The molecule has 0 saturated carbocycles. The molecular weight excluding hydrogens is 168 g/mol. The summed E-state index contributed by atoms with van der Waals surface area (Å²) in [5.41, 5.74) is -0.805. The Bertz CT molecular complexity index is 206. The summed E-state index contributed by atoms with van der Waals surface area (Å²) in [4.78, 5) is 22.1. The van der Waals surface area contributed by atoms with Gasteiger partial charge in [0.05, 0.1) is 6.10 Å². The molecule has 0 aromatic heterocycles. The van der Waals surface area contributed by atoms with Crippen LogP contribution < -0.4 is 0 Å². The van der Waals surface area contributed by atoms with E-state index in [2.05, 4.69) is 0 Å². The van der Waals surface area contributed by atoms with Crippen molar-refractivity contribution in [2.24, 2.45) is 5.41 Å². The summed E-state index contributed by atoms with van der Waals surface area (Å²) in [5, 5.41) is 9.61. The lowest BCUT2D eigenvalue weighted by Gasteiger charge is -2.27. The lowest BCUT2D eigenvalue weighted by Crippen LogP contribution is -2.38. The topological polar surface area (TPSA) is 54.4 Å². The zero-order chi connectivity index (χ0) is 10.6. The standard InChI is InChI=1S/C10H18O3/c1-5-8(12)10(3,4)9(13)6-7(2)11/h9,13H,5-6H2,1-4H3/t9-/m0/s1. The SMILES string of the molecule is CCC(=O)C(C)(C)[C@@H](O)CC(C)=O. The van der Waals surface area contributed by atoms with Crippen molar-refractivity contribution in [3.05, 3.63) is 0 Å². The van der Waals surface area contributed by atoms with Gasteiger partial charge in [0.25, 0.3) is 0 Å². The van der Waals surface area contributed by atoms with Gasteiger partial charge >= 0.3 is 0 Å². The van der Waals surface area contributed by atoms with Gasteiger partial charge in [-0.05, 0) is 6.92 Å².